The molecule has 0 amide bonds. The van der Waals surface area contributed by atoms with Gasteiger partial charge in [-0.15, -0.1) is 5.10 Å². The third kappa shape index (κ3) is 4.02. The molecule has 0 saturated heterocycles. The Morgan fingerprint density at radius 2 is 2.08 bits per heavy atom. The van der Waals surface area contributed by atoms with E-state index in [0.717, 1.165) is 28.0 Å². The summed E-state index contributed by atoms with van der Waals surface area (Å²) in [5, 5.41) is 25.4. The number of rotatable bonds is 7. The quantitative estimate of drug-likeness (QED) is 0.137. The molecule has 0 unspecified atom stereocenters. The Morgan fingerprint density at radius 3 is 2.81 bits per heavy atom. The lowest BCUT2D eigenvalue weighted by atomic mass is 10.0. The van der Waals surface area contributed by atoms with Crippen molar-refractivity contribution < 1.29 is 18.5 Å². The van der Waals surface area contributed by atoms with Crippen molar-refractivity contribution in [2.45, 2.75) is 20.3 Å². The SMILES string of the molecule is CCc1c(C)c(C#N)c2[nH]c3ccccc3[n+]2c1NN=Cc1ccc(-c2ccc([N+](=O)[O-])cc2OC)o1. The monoisotopic (exact) mass is 495 g/mol. The number of aromatic amines is 1. The first-order valence-corrected chi connectivity index (χ1v) is 11.6. The maximum absolute atomic E-state index is 11.1. The largest absolute Gasteiger partial charge is 0.496 e. The highest BCUT2D eigenvalue weighted by molar-refractivity contribution is 5.80. The van der Waals surface area contributed by atoms with E-state index in [2.05, 4.69) is 21.6 Å². The predicted octanol–water partition coefficient (Wildman–Crippen LogP) is 5.27. The normalized spacial score (nSPS) is 11.3. The summed E-state index contributed by atoms with van der Waals surface area (Å²) in [6.07, 6.45) is 2.25. The van der Waals surface area contributed by atoms with Gasteiger partial charge in [0.2, 0.25) is 5.65 Å². The van der Waals surface area contributed by atoms with Gasteiger partial charge in [-0.3, -0.25) is 15.1 Å². The Balaban J connectivity index is 1.52. The van der Waals surface area contributed by atoms with Gasteiger partial charge in [-0.25, -0.2) is 0 Å². The molecule has 0 radical (unpaired) electrons. The van der Waals surface area contributed by atoms with Crippen molar-refractivity contribution in [1.82, 2.24) is 4.98 Å². The van der Waals surface area contributed by atoms with Crippen LogP contribution >= 0.6 is 0 Å². The minimum absolute atomic E-state index is 0.0660. The van der Waals surface area contributed by atoms with Crippen LogP contribution < -0.4 is 14.6 Å². The lowest BCUT2D eigenvalue weighted by Crippen LogP contribution is -2.28. The van der Waals surface area contributed by atoms with Crippen molar-refractivity contribution in [3.8, 4) is 23.1 Å². The summed E-state index contributed by atoms with van der Waals surface area (Å²) >= 11 is 0. The van der Waals surface area contributed by atoms with Gasteiger partial charge in [-0.2, -0.15) is 15.1 Å². The van der Waals surface area contributed by atoms with Crippen molar-refractivity contribution in [3.05, 3.63) is 87.2 Å². The topological polar surface area (TPSA) is 134 Å². The summed E-state index contributed by atoms with van der Waals surface area (Å²) < 4.78 is 13.2. The number of benzene rings is 2. The highest BCUT2D eigenvalue weighted by Crippen LogP contribution is 2.34. The lowest BCUT2D eigenvalue weighted by Gasteiger charge is -2.10. The molecule has 5 aromatic rings. The molecule has 10 heteroatoms. The summed E-state index contributed by atoms with van der Waals surface area (Å²) in [6.45, 7) is 3.98. The molecule has 3 aromatic heterocycles. The number of nitro groups is 1. The predicted molar refractivity (Wildman–Crippen MR) is 139 cm³/mol. The molecular weight excluding hydrogens is 472 g/mol. The molecule has 0 bridgehead atoms. The average molecular weight is 496 g/mol. The van der Waals surface area contributed by atoms with Crippen LogP contribution in [0.3, 0.4) is 0 Å². The number of fused-ring (bicyclic) bond motifs is 3. The van der Waals surface area contributed by atoms with Crippen LogP contribution in [0, 0.1) is 28.4 Å². The van der Waals surface area contributed by atoms with Gasteiger partial charge in [-0.1, -0.05) is 19.1 Å². The number of non-ortho nitro benzene ring substituents is 1. The van der Waals surface area contributed by atoms with Crippen LogP contribution in [0.2, 0.25) is 0 Å². The molecule has 0 spiro atoms. The van der Waals surface area contributed by atoms with Crippen LogP contribution in [-0.2, 0) is 6.42 Å². The number of methoxy groups -OCH3 is 1. The van der Waals surface area contributed by atoms with Crippen molar-refractivity contribution in [2.24, 2.45) is 5.10 Å². The molecule has 0 aliphatic heterocycles. The molecule has 37 heavy (non-hydrogen) atoms. The molecule has 3 heterocycles. The smallest absolute Gasteiger partial charge is 0.273 e. The van der Waals surface area contributed by atoms with E-state index in [-0.39, 0.29) is 5.69 Å². The number of pyridine rings is 1. The molecule has 5 rings (SSSR count). The van der Waals surface area contributed by atoms with Crippen LogP contribution in [0.4, 0.5) is 11.5 Å². The first-order chi connectivity index (χ1) is 18.0. The molecule has 184 valence electrons. The maximum Gasteiger partial charge on any atom is 0.273 e. The van der Waals surface area contributed by atoms with Crippen LogP contribution in [0.25, 0.3) is 28.0 Å². The van der Waals surface area contributed by atoms with Gasteiger partial charge in [0, 0.05) is 11.6 Å². The third-order valence-electron chi connectivity index (χ3n) is 6.31. The van der Waals surface area contributed by atoms with E-state index in [9.17, 15) is 15.4 Å². The molecule has 0 aliphatic rings. The van der Waals surface area contributed by atoms with Crippen LogP contribution in [0.15, 0.2) is 64.1 Å². The van der Waals surface area contributed by atoms with Crippen molar-refractivity contribution in [2.75, 3.05) is 12.5 Å². The number of hydrogen-bond donors (Lipinski definition) is 2. The molecule has 0 aliphatic carbocycles. The Bertz CT molecular complexity index is 1740. The van der Waals surface area contributed by atoms with Crippen LogP contribution in [0.5, 0.6) is 5.75 Å². The van der Waals surface area contributed by atoms with Crippen LogP contribution in [0.1, 0.15) is 29.4 Å². The number of hydrazone groups is 1. The highest BCUT2D eigenvalue weighted by Gasteiger charge is 2.25. The fourth-order valence-corrected chi connectivity index (χ4v) is 4.53. The van der Waals surface area contributed by atoms with Gasteiger partial charge in [0.25, 0.3) is 11.5 Å². The fourth-order valence-electron chi connectivity index (χ4n) is 4.53. The van der Waals surface area contributed by atoms with Crippen molar-refractivity contribution >= 4 is 34.4 Å². The number of nitriles is 1. The standard InChI is InChI=1S/C27H22N6O4/c1-4-19-16(2)21(14-28)26-30-22-7-5-6-8-23(22)32(26)27(19)31-29-15-18-10-12-24(37-18)20-11-9-17(33(34)35)13-25(20)36-3/h5-13,15H,4H2,1-3H3,(H,30,31)/p+1. The number of nitrogens with one attached hydrogen (secondary N) is 2. The van der Waals surface area contributed by atoms with E-state index in [1.165, 1.54) is 19.2 Å². The number of ether oxygens (including phenoxy) is 1. The molecule has 2 N–H and O–H groups in total. The molecule has 0 atom stereocenters. The average Bonchev–Trinajstić information content (AvgIpc) is 3.53. The highest BCUT2D eigenvalue weighted by atomic mass is 16.6. The van der Waals surface area contributed by atoms with Crippen molar-refractivity contribution in [3.63, 3.8) is 0 Å². The second kappa shape index (κ2) is 9.47. The number of nitro benzene ring substituents is 1. The third-order valence-corrected chi connectivity index (χ3v) is 6.31. The van der Waals surface area contributed by atoms with Gasteiger partial charge in [0.15, 0.2) is 0 Å². The Hall–Kier alpha value is -5.17. The van der Waals surface area contributed by atoms with E-state index < -0.39 is 4.92 Å². The van der Waals surface area contributed by atoms with Crippen molar-refractivity contribution in [1.29, 1.82) is 5.26 Å². The van der Waals surface area contributed by atoms with Gasteiger partial charge < -0.3 is 9.15 Å². The maximum atomic E-state index is 11.1. The summed E-state index contributed by atoms with van der Waals surface area (Å²) in [5.41, 5.74) is 8.67. The number of hydrogen-bond acceptors (Lipinski definition) is 7. The van der Waals surface area contributed by atoms with Gasteiger partial charge >= 0.3 is 0 Å². The van der Waals surface area contributed by atoms with Crippen LogP contribution in [-0.4, -0.2) is 23.2 Å². The molecule has 0 saturated carbocycles. The molecule has 2 aromatic carbocycles. The number of aromatic nitrogens is 2. The first kappa shape index (κ1) is 23.6. The van der Waals surface area contributed by atoms with E-state index in [1.54, 1.807) is 24.4 Å². The summed E-state index contributed by atoms with van der Waals surface area (Å²) in [6, 6.07) is 18.0. The number of para-hydroxylation sites is 2. The minimum atomic E-state index is -0.476. The Morgan fingerprint density at radius 1 is 1.27 bits per heavy atom. The van der Waals surface area contributed by atoms with E-state index >= 15 is 0 Å². The molecule has 0 fully saturated rings. The van der Waals surface area contributed by atoms with E-state index in [0.29, 0.717) is 40.5 Å². The first-order valence-electron chi connectivity index (χ1n) is 11.6. The number of imidazole rings is 1. The number of furan rings is 1. The Kier molecular flexibility index (Phi) is 6.03. The van der Waals surface area contributed by atoms with Gasteiger partial charge in [0.05, 0.1) is 23.7 Å². The zero-order valence-electron chi connectivity index (χ0n) is 20.4. The summed E-state index contributed by atoms with van der Waals surface area (Å²) in [7, 11) is 1.45. The minimum Gasteiger partial charge on any atom is -0.496 e. The lowest BCUT2D eigenvalue weighted by molar-refractivity contribution is -0.465. The summed E-state index contributed by atoms with van der Waals surface area (Å²) in [5.74, 6) is 2.06. The fraction of sp³-hybridized carbons (Fsp3) is 0.148. The zero-order chi connectivity index (χ0) is 26.1. The Labute approximate surface area is 211 Å². The second-order valence-corrected chi connectivity index (χ2v) is 8.33. The van der Waals surface area contributed by atoms with E-state index in [4.69, 9.17) is 9.15 Å². The zero-order valence-corrected chi connectivity index (χ0v) is 20.4. The van der Waals surface area contributed by atoms with Gasteiger partial charge in [-0.05, 0) is 49.2 Å². The number of H-pyrrole nitrogens is 1. The number of nitrogens with zero attached hydrogens (tertiary/aromatic N) is 4. The van der Waals surface area contributed by atoms with Gasteiger partial charge in [0.1, 0.15) is 46.2 Å². The van der Waals surface area contributed by atoms with E-state index in [1.807, 2.05) is 42.5 Å². The second-order valence-electron chi connectivity index (χ2n) is 8.33. The summed E-state index contributed by atoms with van der Waals surface area (Å²) in [4.78, 5) is 14.0. The number of anilines is 1. The molecule has 10 nitrogen and oxygen atoms in total. The molecular formula is C27H23N6O4+.